The molecule has 0 unspecified atom stereocenters. The Morgan fingerprint density at radius 3 is 2.50 bits per heavy atom. The van der Waals surface area contributed by atoms with Crippen LogP contribution < -0.4 is 10.1 Å². The fourth-order valence-corrected chi connectivity index (χ4v) is 3.01. The lowest BCUT2D eigenvalue weighted by atomic mass is 10.1. The van der Waals surface area contributed by atoms with Gasteiger partial charge in [-0.15, -0.1) is 0 Å². The van der Waals surface area contributed by atoms with Crippen molar-refractivity contribution < 1.29 is 9.53 Å². The van der Waals surface area contributed by atoms with Crippen LogP contribution in [0.5, 0.6) is 5.75 Å². The number of hydrogen-bond donors (Lipinski definition) is 1. The van der Waals surface area contributed by atoms with Gasteiger partial charge in [-0.2, -0.15) is 0 Å². The average Bonchev–Trinajstić information content (AvgIpc) is 2.54. The minimum Gasteiger partial charge on any atom is -0.496 e. The summed E-state index contributed by atoms with van der Waals surface area (Å²) in [5, 5.41) is 5.19. The molecule has 0 aromatic heterocycles. The first-order valence-electron chi connectivity index (χ1n) is 6.81. The number of ether oxygens (including phenoxy) is 1. The molecule has 0 saturated heterocycles. The molecule has 0 atom stereocenters. The number of halogens is 1. The van der Waals surface area contributed by atoms with Gasteiger partial charge in [0.2, 0.25) is 0 Å². The van der Waals surface area contributed by atoms with E-state index in [1.54, 1.807) is 19.2 Å². The molecule has 1 amide bonds. The van der Waals surface area contributed by atoms with E-state index in [0.717, 1.165) is 25.8 Å². The first-order chi connectivity index (χ1) is 10.7. The largest absolute Gasteiger partial charge is 0.496 e. The summed E-state index contributed by atoms with van der Waals surface area (Å²) in [6.45, 7) is 0. The summed E-state index contributed by atoms with van der Waals surface area (Å²) < 4.78 is 6.12. The molecule has 0 radical (unpaired) electrons. The van der Waals surface area contributed by atoms with Crippen molar-refractivity contribution in [3.05, 3.63) is 69.8 Å². The van der Waals surface area contributed by atoms with Crippen LogP contribution in [0.1, 0.15) is 10.4 Å². The highest BCUT2D eigenvalue weighted by molar-refractivity contribution is 14.1. The molecule has 22 heavy (non-hydrogen) atoms. The number of rotatable bonds is 3. The molecule has 1 N–H and O–H groups in total. The third-order valence-electron chi connectivity index (χ3n) is 3.42. The maximum atomic E-state index is 12.3. The number of anilines is 1. The van der Waals surface area contributed by atoms with Crippen molar-refractivity contribution in [3.63, 3.8) is 0 Å². The highest BCUT2D eigenvalue weighted by Gasteiger charge is 2.09. The second kappa shape index (κ2) is 6.36. The van der Waals surface area contributed by atoms with Crippen molar-refractivity contribution in [2.75, 3.05) is 12.4 Å². The SMILES string of the molecule is COc1ccc(C(=O)Nc2ccc3ccccc3c2)cc1I. The predicted octanol–water partition coefficient (Wildman–Crippen LogP) is 4.71. The van der Waals surface area contributed by atoms with Crippen molar-refractivity contribution in [3.8, 4) is 5.75 Å². The van der Waals surface area contributed by atoms with E-state index in [0.29, 0.717) is 5.56 Å². The average molecular weight is 403 g/mol. The highest BCUT2D eigenvalue weighted by atomic mass is 127. The Balaban J connectivity index is 1.84. The zero-order valence-electron chi connectivity index (χ0n) is 12.0. The van der Waals surface area contributed by atoms with Gasteiger partial charge >= 0.3 is 0 Å². The van der Waals surface area contributed by atoms with Gasteiger partial charge in [-0.3, -0.25) is 4.79 Å². The highest BCUT2D eigenvalue weighted by Crippen LogP contribution is 2.23. The molecule has 0 fully saturated rings. The first kappa shape index (κ1) is 14.8. The molecule has 0 spiro atoms. The molecule has 0 aliphatic carbocycles. The molecular weight excluding hydrogens is 389 g/mol. The number of methoxy groups -OCH3 is 1. The Morgan fingerprint density at radius 1 is 1.00 bits per heavy atom. The second-order valence-corrected chi connectivity index (χ2v) is 6.03. The van der Waals surface area contributed by atoms with E-state index in [1.165, 1.54) is 0 Å². The fourth-order valence-electron chi connectivity index (χ4n) is 2.28. The number of carbonyl (C=O) groups excluding carboxylic acids is 1. The van der Waals surface area contributed by atoms with Crippen molar-refractivity contribution in [2.45, 2.75) is 0 Å². The quantitative estimate of drug-likeness (QED) is 0.644. The van der Waals surface area contributed by atoms with Gasteiger partial charge < -0.3 is 10.1 Å². The van der Waals surface area contributed by atoms with Gasteiger partial charge in [-0.25, -0.2) is 0 Å². The maximum absolute atomic E-state index is 12.3. The van der Waals surface area contributed by atoms with Gasteiger partial charge in [0, 0.05) is 11.3 Å². The molecule has 0 aliphatic heterocycles. The van der Waals surface area contributed by atoms with Gasteiger partial charge in [0.1, 0.15) is 5.75 Å². The van der Waals surface area contributed by atoms with Crippen LogP contribution in [0.2, 0.25) is 0 Å². The van der Waals surface area contributed by atoms with Crippen LogP contribution in [0.25, 0.3) is 10.8 Å². The Kier molecular flexibility index (Phi) is 4.29. The van der Waals surface area contributed by atoms with Crippen molar-refractivity contribution in [1.29, 1.82) is 0 Å². The molecule has 110 valence electrons. The normalized spacial score (nSPS) is 10.5. The number of amides is 1. The number of carbonyl (C=O) groups is 1. The fraction of sp³-hybridized carbons (Fsp3) is 0.0556. The minimum atomic E-state index is -0.129. The van der Waals surface area contributed by atoms with Crippen LogP contribution in [0.15, 0.2) is 60.7 Å². The molecule has 0 aliphatic rings. The predicted molar refractivity (Wildman–Crippen MR) is 97.6 cm³/mol. The van der Waals surface area contributed by atoms with Crippen LogP contribution in [0.4, 0.5) is 5.69 Å². The molecule has 3 aromatic carbocycles. The zero-order valence-corrected chi connectivity index (χ0v) is 14.1. The Hall–Kier alpha value is -2.08. The third-order valence-corrected chi connectivity index (χ3v) is 4.26. The van der Waals surface area contributed by atoms with E-state index in [9.17, 15) is 4.79 Å². The third kappa shape index (κ3) is 3.06. The summed E-state index contributed by atoms with van der Waals surface area (Å²) in [5.74, 6) is 0.638. The van der Waals surface area contributed by atoms with E-state index in [-0.39, 0.29) is 5.91 Å². The minimum absolute atomic E-state index is 0.129. The molecule has 0 heterocycles. The second-order valence-electron chi connectivity index (χ2n) is 4.87. The molecule has 3 rings (SSSR count). The van der Waals surface area contributed by atoms with E-state index in [1.807, 2.05) is 48.5 Å². The summed E-state index contributed by atoms with van der Waals surface area (Å²) in [5.41, 5.74) is 1.40. The lowest BCUT2D eigenvalue weighted by Gasteiger charge is -2.08. The van der Waals surface area contributed by atoms with Gasteiger partial charge in [-0.1, -0.05) is 30.3 Å². The Bertz CT molecular complexity index is 845. The molecular formula is C18H14INO2. The van der Waals surface area contributed by atoms with Crippen LogP contribution in [-0.4, -0.2) is 13.0 Å². The lowest BCUT2D eigenvalue weighted by Crippen LogP contribution is -2.12. The number of nitrogens with one attached hydrogen (secondary N) is 1. The van der Waals surface area contributed by atoms with Gasteiger partial charge in [0.15, 0.2) is 0 Å². The molecule has 0 saturated carbocycles. The van der Waals surface area contributed by atoms with Crippen LogP contribution in [0.3, 0.4) is 0 Å². The van der Waals surface area contributed by atoms with Gasteiger partial charge in [0.05, 0.1) is 10.7 Å². The first-order valence-corrected chi connectivity index (χ1v) is 7.89. The number of benzene rings is 3. The number of fused-ring (bicyclic) bond motifs is 1. The van der Waals surface area contributed by atoms with E-state index in [4.69, 9.17) is 4.74 Å². The summed E-state index contributed by atoms with van der Waals surface area (Å²) in [7, 11) is 1.62. The van der Waals surface area contributed by atoms with E-state index < -0.39 is 0 Å². The Morgan fingerprint density at radius 2 is 1.77 bits per heavy atom. The summed E-state index contributed by atoms with van der Waals surface area (Å²) in [6, 6.07) is 19.3. The zero-order chi connectivity index (χ0) is 15.5. The molecule has 0 bridgehead atoms. The van der Waals surface area contributed by atoms with Gasteiger partial charge in [0.25, 0.3) is 5.91 Å². The number of hydrogen-bond acceptors (Lipinski definition) is 2. The van der Waals surface area contributed by atoms with Gasteiger partial charge in [-0.05, 0) is 63.7 Å². The topological polar surface area (TPSA) is 38.3 Å². The van der Waals surface area contributed by atoms with Crippen LogP contribution in [0, 0.1) is 3.57 Å². The van der Waals surface area contributed by atoms with Crippen molar-refractivity contribution in [1.82, 2.24) is 0 Å². The smallest absolute Gasteiger partial charge is 0.255 e. The summed E-state index contributed by atoms with van der Waals surface area (Å²) >= 11 is 2.16. The van der Waals surface area contributed by atoms with Crippen LogP contribution in [-0.2, 0) is 0 Å². The van der Waals surface area contributed by atoms with E-state index in [2.05, 4.69) is 27.9 Å². The van der Waals surface area contributed by atoms with E-state index >= 15 is 0 Å². The maximum Gasteiger partial charge on any atom is 0.255 e. The summed E-state index contributed by atoms with van der Waals surface area (Å²) in [4.78, 5) is 12.3. The Labute approximate surface area is 142 Å². The monoisotopic (exact) mass is 403 g/mol. The standard InChI is InChI=1S/C18H14INO2/c1-22-17-9-7-14(11-16(17)19)18(21)20-15-8-6-12-4-2-3-5-13(12)10-15/h2-11H,1H3,(H,20,21). The molecule has 3 aromatic rings. The van der Waals surface area contributed by atoms with Crippen molar-refractivity contribution >= 4 is 45.0 Å². The van der Waals surface area contributed by atoms with Crippen LogP contribution >= 0.6 is 22.6 Å². The molecule has 4 heteroatoms. The lowest BCUT2D eigenvalue weighted by molar-refractivity contribution is 0.102. The molecule has 3 nitrogen and oxygen atoms in total. The summed E-state index contributed by atoms with van der Waals surface area (Å²) in [6.07, 6.45) is 0. The van der Waals surface area contributed by atoms with Crippen molar-refractivity contribution in [2.24, 2.45) is 0 Å².